The largest absolute Gasteiger partial charge is 0.493 e. The Bertz CT molecular complexity index is 461. The van der Waals surface area contributed by atoms with Crippen LogP contribution in [0.25, 0.3) is 0 Å². The Morgan fingerprint density at radius 2 is 2.14 bits per heavy atom. The number of hydrogen-bond acceptors (Lipinski definition) is 2. The first-order valence-electron chi connectivity index (χ1n) is 7.50. The normalized spacial score (nSPS) is 10.8. The van der Waals surface area contributed by atoms with Gasteiger partial charge in [-0.25, -0.2) is 4.99 Å². The average molecular weight is 417 g/mol. The number of ether oxygens (including phenoxy) is 1. The third-order valence-corrected chi connectivity index (χ3v) is 2.66. The highest BCUT2D eigenvalue weighted by Crippen LogP contribution is 2.15. The van der Waals surface area contributed by atoms with Gasteiger partial charge in [0, 0.05) is 13.1 Å². The Morgan fingerprint density at radius 3 is 2.77 bits per heavy atom. The van der Waals surface area contributed by atoms with Crippen molar-refractivity contribution in [3.05, 3.63) is 42.5 Å². The quantitative estimate of drug-likeness (QED) is 0.294. The number of nitrogens with zero attached hydrogens (tertiary/aromatic N) is 1. The molecule has 1 aromatic rings. The number of nitrogens with one attached hydrogen (secondary N) is 2. The van der Waals surface area contributed by atoms with Crippen LogP contribution in [-0.2, 0) is 6.54 Å². The topological polar surface area (TPSA) is 45.7 Å². The van der Waals surface area contributed by atoms with Gasteiger partial charge in [-0.15, -0.1) is 30.6 Å². The minimum atomic E-state index is 0. The van der Waals surface area contributed by atoms with Crippen LogP contribution in [0.15, 0.2) is 41.9 Å². The second-order valence-corrected chi connectivity index (χ2v) is 5.22. The van der Waals surface area contributed by atoms with E-state index in [1.807, 2.05) is 31.2 Å². The molecule has 1 aromatic carbocycles. The fourth-order valence-electron chi connectivity index (χ4n) is 1.68. The van der Waals surface area contributed by atoms with Crippen molar-refractivity contribution in [1.82, 2.24) is 10.6 Å². The number of hydrogen-bond donors (Lipinski definition) is 2. The van der Waals surface area contributed by atoms with Crippen molar-refractivity contribution in [3.63, 3.8) is 0 Å². The van der Waals surface area contributed by atoms with E-state index in [1.165, 1.54) is 0 Å². The maximum absolute atomic E-state index is 5.73. The van der Waals surface area contributed by atoms with Crippen LogP contribution >= 0.6 is 24.0 Å². The lowest BCUT2D eigenvalue weighted by molar-refractivity contribution is 0.271. The molecule has 0 unspecified atom stereocenters. The summed E-state index contributed by atoms with van der Waals surface area (Å²) >= 11 is 0. The standard InChI is InChI=1S/C17H27N3O.HI/c1-5-10-19-17(18-6-2)20-12-15-8-7-9-16(11-15)21-13-14(3)4;/h5,7-9,11,14H,1,6,10,12-13H2,2-4H3,(H2,18,19,20);1H. The summed E-state index contributed by atoms with van der Waals surface area (Å²) in [5, 5.41) is 6.39. The van der Waals surface area contributed by atoms with Gasteiger partial charge in [0.05, 0.1) is 13.2 Å². The van der Waals surface area contributed by atoms with E-state index in [0.717, 1.165) is 30.4 Å². The average Bonchev–Trinajstić information content (AvgIpc) is 2.48. The SMILES string of the molecule is C=CCNC(=NCc1cccc(OCC(C)C)c1)NCC.I. The summed E-state index contributed by atoms with van der Waals surface area (Å²) in [7, 11) is 0. The lowest BCUT2D eigenvalue weighted by Crippen LogP contribution is -2.37. The minimum absolute atomic E-state index is 0. The fraction of sp³-hybridized carbons (Fsp3) is 0.471. The number of guanidine groups is 1. The van der Waals surface area contributed by atoms with Crippen LogP contribution in [-0.4, -0.2) is 25.7 Å². The van der Waals surface area contributed by atoms with E-state index >= 15 is 0 Å². The number of rotatable bonds is 8. The van der Waals surface area contributed by atoms with Gasteiger partial charge < -0.3 is 15.4 Å². The van der Waals surface area contributed by atoms with Gasteiger partial charge >= 0.3 is 0 Å². The summed E-state index contributed by atoms with van der Waals surface area (Å²) in [6.45, 7) is 12.9. The van der Waals surface area contributed by atoms with Crippen LogP contribution in [0, 0.1) is 5.92 Å². The van der Waals surface area contributed by atoms with E-state index < -0.39 is 0 Å². The Balaban J connectivity index is 0.00000441. The van der Waals surface area contributed by atoms with Gasteiger partial charge in [0.1, 0.15) is 5.75 Å². The van der Waals surface area contributed by atoms with Crippen molar-refractivity contribution < 1.29 is 4.74 Å². The van der Waals surface area contributed by atoms with E-state index in [2.05, 4.69) is 42.1 Å². The van der Waals surface area contributed by atoms with E-state index in [4.69, 9.17) is 4.74 Å². The third kappa shape index (κ3) is 8.92. The molecule has 0 aliphatic rings. The van der Waals surface area contributed by atoms with Crippen molar-refractivity contribution in [1.29, 1.82) is 0 Å². The van der Waals surface area contributed by atoms with Crippen LogP contribution in [0.5, 0.6) is 5.75 Å². The number of halogens is 1. The molecule has 0 bridgehead atoms. The Labute approximate surface area is 151 Å². The van der Waals surface area contributed by atoms with Crippen LogP contribution in [0.4, 0.5) is 0 Å². The Morgan fingerprint density at radius 1 is 1.36 bits per heavy atom. The predicted molar refractivity (Wildman–Crippen MR) is 105 cm³/mol. The highest BCUT2D eigenvalue weighted by atomic mass is 127. The number of benzene rings is 1. The summed E-state index contributed by atoms with van der Waals surface area (Å²) < 4.78 is 5.73. The van der Waals surface area contributed by atoms with E-state index in [9.17, 15) is 0 Å². The van der Waals surface area contributed by atoms with Crippen molar-refractivity contribution in [2.24, 2.45) is 10.9 Å². The van der Waals surface area contributed by atoms with Crippen molar-refractivity contribution in [2.45, 2.75) is 27.3 Å². The summed E-state index contributed by atoms with van der Waals surface area (Å²) in [5.74, 6) is 2.22. The van der Waals surface area contributed by atoms with Crippen molar-refractivity contribution in [2.75, 3.05) is 19.7 Å². The van der Waals surface area contributed by atoms with Crippen LogP contribution in [0.1, 0.15) is 26.3 Å². The summed E-state index contributed by atoms with van der Waals surface area (Å²) in [6.07, 6.45) is 1.81. The molecule has 2 N–H and O–H groups in total. The van der Waals surface area contributed by atoms with Crippen molar-refractivity contribution in [3.8, 4) is 5.75 Å². The molecule has 0 aromatic heterocycles. The van der Waals surface area contributed by atoms with E-state index in [1.54, 1.807) is 0 Å². The summed E-state index contributed by atoms with van der Waals surface area (Å²) in [4.78, 5) is 4.55. The molecule has 0 fully saturated rings. The summed E-state index contributed by atoms with van der Waals surface area (Å²) in [5.41, 5.74) is 1.13. The predicted octanol–water partition coefficient (Wildman–Crippen LogP) is 3.58. The van der Waals surface area contributed by atoms with Gasteiger partial charge in [-0.3, -0.25) is 0 Å². The smallest absolute Gasteiger partial charge is 0.191 e. The van der Waals surface area contributed by atoms with Gasteiger partial charge in [-0.05, 0) is 30.5 Å². The molecule has 0 amide bonds. The van der Waals surface area contributed by atoms with E-state index in [-0.39, 0.29) is 24.0 Å². The first kappa shape index (κ1) is 20.8. The molecule has 0 saturated heterocycles. The molecule has 0 radical (unpaired) electrons. The zero-order chi connectivity index (χ0) is 15.5. The monoisotopic (exact) mass is 417 g/mol. The minimum Gasteiger partial charge on any atom is -0.493 e. The molecule has 0 aliphatic heterocycles. The zero-order valence-electron chi connectivity index (χ0n) is 13.8. The van der Waals surface area contributed by atoms with Crippen LogP contribution < -0.4 is 15.4 Å². The van der Waals surface area contributed by atoms with Gasteiger partial charge in [0.25, 0.3) is 0 Å². The molecule has 0 heterocycles. The van der Waals surface area contributed by atoms with Gasteiger partial charge in [0.15, 0.2) is 5.96 Å². The molecular formula is C17H28IN3O. The highest BCUT2D eigenvalue weighted by molar-refractivity contribution is 14.0. The molecule has 0 aliphatic carbocycles. The van der Waals surface area contributed by atoms with E-state index in [0.29, 0.717) is 19.0 Å². The highest BCUT2D eigenvalue weighted by Gasteiger charge is 2.00. The zero-order valence-corrected chi connectivity index (χ0v) is 16.1. The molecule has 22 heavy (non-hydrogen) atoms. The fourth-order valence-corrected chi connectivity index (χ4v) is 1.68. The second-order valence-electron chi connectivity index (χ2n) is 5.22. The maximum Gasteiger partial charge on any atom is 0.191 e. The Kier molecular flexibility index (Phi) is 11.6. The summed E-state index contributed by atoms with van der Waals surface area (Å²) in [6, 6.07) is 8.09. The van der Waals surface area contributed by atoms with Gasteiger partial charge in [-0.2, -0.15) is 0 Å². The first-order valence-corrected chi connectivity index (χ1v) is 7.50. The maximum atomic E-state index is 5.73. The van der Waals surface area contributed by atoms with Gasteiger partial charge in [0.2, 0.25) is 0 Å². The molecule has 1 rings (SSSR count). The first-order chi connectivity index (χ1) is 10.2. The molecule has 0 saturated carbocycles. The molecule has 124 valence electrons. The molecule has 0 atom stereocenters. The molecule has 5 heteroatoms. The van der Waals surface area contributed by atoms with Crippen LogP contribution in [0.2, 0.25) is 0 Å². The number of aliphatic imine (C=N–C) groups is 1. The van der Waals surface area contributed by atoms with Crippen LogP contribution in [0.3, 0.4) is 0 Å². The molecule has 0 spiro atoms. The van der Waals surface area contributed by atoms with Crippen molar-refractivity contribution >= 4 is 29.9 Å². The Hall–Kier alpha value is -1.24. The molecular weight excluding hydrogens is 389 g/mol. The molecule has 4 nitrogen and oxygen atoms in total. The lowest BCUT2D eigenvalue weighted by Gasteiger charge is -2.11. The second kappa shape index (κ2) is 12.3. The lowest BCUT2D eigenvalue weighted by atomic mass is 10.2. The third-order valence-electron chi connectivity index (χ3n) is 2.66. The van der Waals surface area contributed by atoms with Gasteiger partial charge in [-0.1, -0.05) is 32.1 Å².